The van der Waals surface area contributed by atoms with Crippen LogP contribution in [-0.2, 0) is 0 Å². The molecule has 0 unspecified atom stereocenters. The van der Waals surface area contributed by atoms with Crippen molar-refractivity contribution in [1.82, 2.24) is 5.32 Å². The number of ketones is 1. The van der Waals surface area contributed by atoms with E-state index in [2.05, 4.69) is 19.2 Å². The highest BCUT2D eigenvalue weighted by atomic mass is 16.1. The molecule has 0 aliphatic heterocycles. The van der Waals surface area contributed by atoms with Crippen molar-refractivity contribution in [2.75, 3.05) is 6.54 Å². The molecule has 0 atom stereocenters. The Morgan fingerprint density at radius 2 is 1.41 bits per heavy atom. The van der Waals surface area contributed by atoms with Crippen molar-refractivity contribution < 1.29 is 9.59 Å². The van der Waals surface area contributed by atoms with Crippen LogP contribution in [-0.4, -0.2) is 18.2 Å². The van der Waals surface area contributed by atoms with Gasteiger partial charge in [-0.25, -0.2) is 0 Å². The number of hydrogen-bond donors (Lipinski definition) is 1. The maximum atomic E-state index is 12.3. The van der Waals surface area contributed by atoms with Crippen LogP contribution in [0.5, 0.6) is 0 Å². The predicted molar refractivity (Wildman–Crippen MR) is 88.1 cm³/mol. The average molecular weight is 295 g/mol. The summed E-state index contributed by atoms with van der Waals surface area (Å²) in [6.45, 7) is 4.91. The first-order valence-electron chi connectivity index (χ1n) is 7.56. The molecular weight excluding hydrogens is 274 g/mol. The lowest BCUT2D eigenvalue weighted by atomic mass is 10.0. The van der Waals surface area contributed by atoms with E-state index in [1.165, 1.54) is 0 Å². The van der Waals surface area contributed by atoms with Gasteiger partial charge in [0, 0.05) is 23.2 Å². The first-order valence-corrected chi connectivity index (χ1v) is 7.56. The number of nitrogens with one attached hydrogen (secondary N) is 1. The van der Waals surface area contributed by atoms with Gasteiger partial charge in [0.15, 0.2) is 5.78 Å². The molecule has 3 heteroatoms. The first kappa shape index (κ1) is 16.0. The lowest BCUT2D eigenvalue weighted by Crippen LogP contribution is -2.25. The average Bonchev–Trinajstić information content (AvgIpc) is 2.54. The molecule has 2 rings (SSSR count). The topological polar surface area (TPSA) is 46.2 Å². The number of rotatable bonds is 6. The molecule has 2 aromatic rings. The van der Waals surface area contributed by atoms with Gasteiger partial charge >= 0.3 is 0 Å². The third-order valence-corrected chi connectivity index (χ3v) is 3.45. The Bertz CT molecular complexity index is 630. The van der Waals surface area contributed by atoms with E-state index in [9.17, 15) is 9.59 Å². The summed E-state index contributed by atoms with van der Waals surface area (Å²) in [4.78, 5) is 24.3. The van der Waals surface area contributed by atoms with E-state index in [1.54, 1.807) is 36.4 Å². The maximum Gasteiger partial charge on any atom is 0.251 e. The van der Waals surface area contributed by atoms with Crippen LogP contribution >= 0.6 is 0 Å². The summed E-state index contributed by atoms with van der Waals surface area (Å²) in [5, 5.41) is 2.89. The molecule has 0 aliphatic rings. The Kier molecular flexibility index (Phi) is 5.48. The Morgan fingerprint density at radius 3 is 2.00 bits per heavy atom. The fourth-order valence-electron chi connectivity index (χ4n) is 2.11. The van der Waals surface area contributed by atoms with Crippen molar-refractivity contribution >= 4 is 11.7 Å². The van der Waals surface area contributed by atoms with Crippen molar-refractivity contribution in [2.24, 2.45) is 5.92 Å². The molecule has 22 heavy (non-hydrogen) atoms. The highest BCUT2D eigenvalue weighted by molar-refractivity contribution is 6.09. The molecular formula is C19H21NO2. The lowest BCUT2D eigenvalue weighted by molar-refractivity contribution is 0.0950. The molecule has 0 saturated heterocycles. The third kappa shape index (κ3) is 4.29. The zero-order chi connectivity index (χ0) is 15.9. The molecule has 1 amide bonds. The van der Waals surface area contributed by atoms with Crippen molar-refractivity contribution in [1.29, 1.82) is 0 Å². The van der Waals surface area contributed by atoms with Gasteiger partial charge in [-0.15, -0.1) is 0 Å². The van der Waals surface area contributed by atoms with E-state index in [1.807, 2.05) is 18.2 Å². The zero-order valence-electron chi connectivity index (χ0n) is 13.0. The quantitative estimate of drug-likeness (QED) is 0.826. The molecule has 0 aliphatic carbocycles. The summed E-state index contributed by atoms with van der Waals surface area (Å²) in [6, 6.07) is 15.9. The number of hydrogen-bond acceptors (Lipinski definition) is 2. The van der Waals surface area contributed by atoms with Gasteiger partial charge < -0.3 is 5.32 Å². The standard InChI is InChI=1S/C19H21NO2/c1-14(2)12-13-20-19(22)17-10-8-16(9-11-17)18(21)15-6-4-3-5-7-15/h3-11,14H,12-13H2,1-2H3,(H,20,22). The van der Waals surface area contributed by atoms with E-state index < -0.39 is 0 Å². The summed E-state index contributed by atoms with van der Waals surface area (Å²) < 4.78 is 0. The van der Waals surface area contributed by atoms with Crippen LogP contribution in [0.1, 0.15) is 46.5 Å². The van der Waals surface area contributed by atoms with E-state index >= 15 is 0 Å². The second-order valence-corrected chi connectivity index (χ2v) is 5.71. The van der Waals surface area contributed by atoms with Crippen molar-refractivity contribution in [3.05, 3.63) is 71.3 Å². The SMILES string of the molecule is CC(C)CCNC(=O)c1ccc(C(=O)c2ccccc2)cc1. The van der Waals surface area contributed by atoms with Crippen LogP contribution in [0.2, 0.25) is 0 Å². The number of benzene rings is 2. The van der Waals surface area contributed by atoms with Gasteiger partial charge in [-0.05, 0) is 24.5 Å². The zero-order valence-corrected chi connectivity index (χ0v) is 13.0. The van der Waals surface area contributed by atoms with Crippen LogP contribution in [0.4, 0.5) is 0 Å². The summed E-state index contributed by atoms with van der Waals surface area (Å²) >= 11 is 0. The van der Waals surface area contributed by atoms with E-state index in [0.29, 0.717) is 29.2 Å². The van der Waals surface area contributed by atoms with Gasteiger partial charge in [0.2, 0.25) is 0 Å². The fraction of sp³-hybridized carbons (Fsp3) is 0.263. The van der Waals surface area contributed by atoms with Gasteiger partial charge in [-0.1, -0.05) is 56.3 Å². The summed E-state index contributed by atoms with van der Waals surface area (Å²) in [7, 11) is 0. The van der Waals surface area contributed by atoms with Crippen molar-refractivity contribution in [3.8, 4) is 0 Å². The molecule has 0 aromatic heterocycles. The van der Waals surface area contributed by atoms with Gasteiger partial charge in [-0.3, -0.25) is 9.59 Å². The highest BCUT2D eigenvalue weighted by Gasteiger charge is 2.10. The molecule has 0 spiro atoms. The summed E-state index contributed by atoms with van der Waals surface area (Å²) in [6.07, 6.45) is 0.955. The van der Waals surface area contributed by atoms with Gasteiger partial charge in [0.25, 0.3) is 5.91 Å². The van der Waals surface area contributed by atoms with E-state index in [4.69, 9.17) is 0 Å². The molecule has 0 saturated carbocycles. The van der Waals surface area contributed by atoms with Crippen LogP contribution in [0.25, 0.3) is 0 Å². The van der Waals surface area contributed by atoms with Crippen molar-refractivity contribution in [3.63, 3.8) is 0 Å². The van der Waals surface area contributed by atoms with E-state index in [0.717, 1.165) is 6.42 Å². The minimum atomic E-state index is -0.0978. The fourth-order valence-corrected chi connectivity index (χ4v) is 2.11. The Hall–Kier alpha value is -2.42. The highest BCUT2D eigenvalue weighted by Crippen LogP contribution is 2.11. The van der Waals surface area contributed by atoms with Crippen LogP contribution in [0.15, 0.2) is 54.6 Å². The number of amides is 1. The predicted octanol–water partition coefficient (Wildman–Crippen LogP) is 3.69. The number of carbonyl (C=O) groups excluding carboxylic acids is 2. The van der Waals surface area contributed by atoms with Crippen LogP contribution in [0.3, 0.4) is 0 Å². The smallest absolute Gasteiger partial charge is 0.251 e. The molecule has 2 aromatic carbocycles. The monoisotopic (exact) mass is 295 g/mol. The van der Waals surface area contributed by atoms with Crippen LogP contribution < -0.4 is 5.32 Å². The molecule has 0 radical (unpaired) electrons. The molecule has 0 fully saturated rings. The molecule has 3 nitrogen and oxygen atoms in total. The largest absolute Gasteiger partial charge is 0.352 e. The normalized spacial score (nSPS) is 10.5. The summed E-state index contributed by atoms with van der Waals surface area (Å²) in [5.74, 6) is 0.429. The van der Waals surface area contributed by atoms with Gasteiger partial charge in [0.05, 0.1) is 0 Å². The van der Waals surface area contributed by atoms with Gasteiger partial charge in [0.1, 0.15) is 0 Å². The Labute approximate surface area is 131 Å². The Morgan fingerprint density at radius 1 is 0.864 bits per heavy atom. The maximum absolute atomic E-state index is 12.3. The minimum absolute atomic E-state index is 0.0348. The first-order chi connectivity index (χ1) is 10.6. The molecule has 0 heterocycles. The van der Waals surface area contributed by atoms with Crippen LogP contribution in [0, 0.1) is 5.92 Å². The van der Waals surface area contributed by atoms with E-state index in [-0.39, 0.29) is 11.7 Å². The number of carbonyl (C=O) groups is 2. The third-order valence-electron chi connectivity index (χ3n) is 3.45. The second-order valence-electron chi connectivity index (χ2n) is 5.71. The molecule has 0 bridgehead atoms. The lowest BCUT2D eigenvalue weighted by Gasteiger charge is -2.07. The Balaban J connectivity index is 2.01. The van der Waals surface area contributed by atoms with Crippen molar-refractivity contribution in [2.45, 2.75) is 20.3 Å². The minimum Gasteiger partial charge on any atom is -0.352 e. The van der Waals surface area contributed by atoms with Gasteiger partial charge in [-0.2, -0.15) is 0 Å². The molecule has 1 N–H and O–H groups in total. The molecule has 114 valence electrons. The second kappa shape index (κ2) is 7.55. The summed E-state index contributed by atoms with van der Waals surface area (Å²) in [5.41, 5.74) is 1.81.